The Morgan fingerprint density at radius 2 is 1.96 bits per heavy atom. The standard InChI is InChI=1S/C14H13N5O3S/c1-8(20)15-10-5-3-9(4-6-10)11-7-23-13-16-12(18-19(11)13)17-14(21)22-2/h3-7H,1-2H3,(H,15,20)(H,17,18,21). The Kier molecular flexibility index (Phi) is 3.94. The number of fused-ring (bicyclic) bond motifs is 1. The molecule has 0 bridgehead atoms. The van der Waals surface area contributed by atoms with Gasteiger partial charge in [0.2, 0.25) is 10.9 Å². The van der Waals surface area contributed by atoms with Crippen molar-refractivity contribution >= 4 is 39.9 Å². The summed E-state index contributed by atoms with van der Waals surface area (Å²) in [6, 6.07) is 7.37. The third kappa shape index (κ3) is 3.14. The van der Waals surface area contributed by atoms with Crippen LogP contribution in [0.5, 0.6) is 0 Å². The molecular weight excluding hydrogens is 318 g/mol. The van der Waals surface area contributed by atoms with E-state index >= 15 is 0 Å². The van der Waals surface area contributed by atoms with Crippen LogP contribution < -0.4 is 10.6 Å². The van der Waals surface area contributed by atoms with Crippen molar-refractivity contribution in [3.8, 4) is 11.3 Å². The van der Waals surface area contributed by atoms with Crippen LogP contribution in [-0.2, 0) is 9.53 Å². The number of anilines is 2. The molecule has 0 radical (unpaired) electrons. The number of hydrogen-bond donors (Lipinski definition) is 2. The molecule has 2 heterocycles. The van der Waals surface area contributed by atoms with Gasteiger partial charge in [-0.2, -0.15) is 4.98 Å². The van der Waals surface area contributed by atoms with E-state index in [0.29, 0.717) is 4.96 Å². The van der Waals surface area contributed by atoms with Crippen molar-refractivity contribution in [2.75, 3.05) is 17.7 Å². The summed E-state index contributed by atoms with van der Waals surface area (Å²) in [6.45, 7) is 1.46. The number of aromatic nitrogens is 3. The van der Waals surface area contributed by atoms with Gasteiger partial charge in [-0.25, -0.2) is 9.31 Å². The molecule has 0 saturated carbocycles. The molecule has 0 saturated heterocycles. The first-order valence-corrected chi connectivity index (χ1v) is 7.52. The second-order valence-electron chi connectivity index (χ2n) is 4.63. The molecule has 0 atom stereocenters. The highest BCUT2D eigenvalue weighted by Crippen LogP contribution is 2.27. The molecule has 0 unspecified atom stereocenters. The lowest BCUT2D eigenvalue weighted by Crippen LogP contribution is -2.12. The molecule has 1 aromatic carbocycles. The van der Waals surface area contributed by atoms with Gasteiger partial charge in [0.25, 0.3) is 5.95 Å². The van der Waals surface area contributed by atoms with Gasteiger partial charge in [-0.15, -0.1) is 16.4 Å². The normalized spacial score (nSPS) is 10.5. The average Bonchev–Trinajstić information content (AvgIpc) is 3.07. The number of amides is 2. The molecule has 118 valence electrons. The predicted molar refractivity (Wildman–Crippen MR) is 86.6 cm³/mol. The van der Waals surface area contributed by atoms with E-state index < -0.39 is 6.09 Å². The van der Waals surface area contributed by atoms with Gasteiger partial charge in [-0.3, -0.25) is 10.1 Å². The van der Waals surface area contributed by atoms with Gasteiger partial charge in [0.15, 0.2) is 0 Å². The highest BCUT2D eigenvalue weighted by molar-refractivity contribution is 7.15. The summed E-state index contributed by atoms with van der Waals surface area (Å²) >= 11 is 1.41. The highest BCUT2D eigenvalue weighted by Gasteiger charge is 2.13. The molecule has 0 spiro atoms. The van der Waals surface area contributed by atoms with Crippen LogP contribution in [0.1, 0.15) is 6.92 Å². The van der Waals surface area contributed by atoms with Crippen molar-refractivity contribution in [2.24, 2.45) is 0 Å². The number of carbonyl (C=O) groups excluding carboxylic acids is 2. The second-order valence-corrected chi connectivity index (χ2v) is 5.46. The van der Waals surface area contributed by atoms with Gasteiger partial charge in [0, 0.05) is 23.6 Å². The molecular formula is C14H13N5O3S. The number of thiazole rings is 1. The predicted octanol–water partition coefficient (Wildman–Crippen LogP) is 2.59. The second kappa shape index (κ2) is 6.05. The van der Waals surface area contributed by atoms with E-state index in [1.807, 2.05) is 29.6 Å². The van der Waals surface area contributed by atoms with Crippen LogP contribution >= 0.6 is 11.3 Å². The topological polar surface area (TPSA) is 97.6 Å². The minimum atomic E-state index is -0.621. The van der Waals surface area contributed by atoms with Crippen molar-refractivity contribution in [2.45, 2.75) is 6.92 Å². The highest BCUT2D eigenvalue weighted by atomic mass is 32.1. The van der Waals surface area contributed by atoms with Crippen molar-refractivity contribution in [3.05, 3.63) is 29.6 Å². The van der Waals surface area contributed by atoms with E-state index in [-0.39, 0.29) is 11.9 Å². The van der Waals surface area contributed by atoms with Crippen molar-refractivity contribution in [3.63, 3.8) is 0 Å². The molecule has 3 aromatic rings. The van der Waals surface area contributed by atoms with Crippen LogP contribution in [-0.4, -0.2) is 33.7 Å². The maximum absolute atomic E-state index is 11.2. The lowest BCUT2D eigenvalue weighted by Gasteiger charge is -2.03. The van der Waals surface area contributed by atoms with Crippen LogP contribution in [0.25, 0.3) is 16.2 Å². The smallest absolute Gasteiger partial charge is 0.413 e. The SMILES string of the molecule is COC(=O)Nc1nc2scc(-c3ccc(NC(C)=O)cc3)n2n1. The van der Waals surface area contributed by atoms with Gasteiger partial charge in [-0.1, -0.05) is 12.1 Å². The molecule has 23 heavy (non-hydrogen) atoms. The largest absolute Gasteiger partial charge is 0.453 e. The number of carbonyl (C=O) groups is 2. The zero-order valence-corrected chi connectivity index (χ0v) is 13.2. The van der Waals surface area contributed by atoms with Gasteiger partial charge in [0.1, 0.15) is 0 Å². The Balaban J connectivity index is 1.90. The van der Waals surface area contributed by atoms with E-state index in [9.17, 15) is 9.59 Å². The average molecular weight is 331 g/mol. The fraction of sp³-hybridized carbons (Fsp3) is 0.143. The summed E-state index contributed by atoms with van der Waals surface area (Å²) in [5.74, 6) is 0.0605. The Morgan fingerprint density at radius 3 is 2.61 bits per heavy atom. The number of hydrogen-bond acceptors (Lipinski definition) is 6. The summed E-state index contributed by atoms with van der Waals surface area (Å²) in [6.07, 6.45) is -0.621. The number of nitrogens with one attached hydrogen (secondary N) is 2. The van der Waals surface area contributed by atoms with Crippen LogP contribution in [0.4, 0.5) is 16.4 Å². The van der Waals surface area contributed by atoms with Crippen molar-refractivity contribution in [1.82, 2.24) is 14.6 Å². The van der Waals surface area contributed by atoms with E-state index in [4.69, 9.17) is 0 Å². The van der Waals surface area contributed by atoms with Crippen LogP contribution in [0.15, 0.2) is 29.6 Å². The minimum absolute atomic E-state index is 0.120. The Bertz CT molecular complexity index is 868. The molecule has 9 heteroatoms. The van der Waals surface area contributed by atoms with E-state index in [1.165, 1.54) is 25.4 Å². The van der Waals surface area contributed by atoms with Gasteiger partial charge in [-0.05, 0) is 12.1 Å². The Labute approximate surface area is 135 Å². The van der Waals surface area contributed by atoms with Gasteiger partial charge in [0.05, 0.1) is 12.8 Å². The monoisotopic (exact) mass is 331 g/mol. The number of ether oxygens (including phenoxy) is 1. The van der Waals surface area contributed by atoms with E-state index in [0.717, 1.165) is 16.9 Å². The third-order valence-electron chi connectivity index (χ3n) is 2.98. The zero-order chi connectivity index (χ0) is 16.4. The number of rotatable bonds is 3. The first-order valence-electron chi connectivity index (χ1n) is 6.64. The maximum atomic E-state index is 11.2. The maximum Gasteiger partial charge on any atom is 0.413 e. The molecule has 2 amide bonds. The Hall–Kier alpha value is -2.94. The number of benzene rings is 1. The summed E-state index contributed by atoms with van der Waals surface area (Å²) in [4.78, 5) is 27.1. The quantitative estimate of drug-likeness (QED) is 0.769. The molecule has 8 nitrogen and oxygen atoms in total. The fourth-order valence-corrected chi connectivity index (χ4v) is 2.83. The summed E-state index contributed by atoms with van der Waals surface area (Å²) < 4.78 is 6.16. The molecule has 0 aliphatic carbocycles. The minimum Gasteiger partial charge on any atom is -0.453 e. The van der Waals surface area contributed by atoms with Crippen LogP contribution in [0.2, 0.25) is 0 Å². The molecule has 2 aromatic heterocycles. The van der Waals surface area contributed by atoms with Crippen LogP contribution in [0, 0.1) is 0 Å². The Morgan fingerprint density at radius 1 is 1.22 bits per heavy atom. The molecule has 0 aliphatic rings. The zero-order valence-electron chi connectivity index (χ0n) is 12.4. The molecule has 2 N–H and O–H groups in total. The molecule has 0 fully saturated rings. The van der Waals surface area contributed by atoms with Gasteiger partial charge < -0.3 is 10.1 Å². The van der Waals surface area contributed by atoms with Crippen LogP contribution in [0.3, 0.4) is 0 Å². The van der Waals surface area contributed by atoms with E-state index in [1.54, 1.807) is 4.52 Å². The third-order valence-corrected chi connectivity index (χ3v) is 3.80. The summed E-state index contributed by atoms with van der Waals surface area (Å²) in [5.41, 5.74) is 2.48. The summed E-state index contributed by atoms with van der Waals surface area (Å²) in [5, 5.41) is 11.3. The first-order chi connectivity index (χ1) is 11.1. The molecule has 3 rings (SSSR count). The summed E-state index contributed by atoms with van der Waals surface area (Å²) in [7, 11) is 1.27. The molecule has 0 aliphatic heterocycles. The van der Waals surface area contributed by atoms with Gasteiger partial charge >= 0.3 is 6.09 Å². The number of nitrogens with zero attached hydrogens (tertiary/aromatic N) is 3. The lowest BCUT2D eigenvalue weighted by molar-refractivity contribution is -0.114. The van der Waals surface area contributed by atoms with Crippen molar-refractivity contribution in [1.29, 1.82) is 0 Å². The number of methoxy groups -OCH3 is 1. The van der Waals surface area contributed by atoms with Crippen molar-refractivity contribution < 1.29 is 14.3 Å². The lowest BCUT2D eigenvalue weighted by atomic mass is 10.1. The fourth-order valence-electron chi connectivity index (χ4n) is 2.00. The van der Waals surface area contributed by atoms with E-state index in [2.05, 4.69) is 25.5 Å². The first kappa shape index (κ1) is 15.0.